The van der Waals surface area contributed by atoms with Crippen LogP contribution in [0.25, 0.3) is 0 Å². The number of benzene rings is 1. The first-order chi connectivity index (χ1) is 8.04. The van der Waals surface area contributed by atoms with Gasteiger partial charge in [-0.1, -0.05) is 18.6 Å². The molecule has 3 nitrogen and oxygen atoms in total. The van der Waals surface area contributed by atoms with Crippen molar-refractivity contribution in [3.05, 3.63) is 30.1 Å². The van der Waals surface area contributed by atoms with E-state index in [-0.39, 0.29) is 16.7 Å². The van der Waals surface area contributed by atoms with Crippen LogP contribution in [0.15, 0.2) is 24.3 Å². The molecule has 1 aromatic rings. The van der Waals surface area contributed by atoms with E-state index in [0.29, 0.717) is 18.5 Å². The van der Waals surface area contributed by atoms with E-state index in [2.05, 4.69) is 5.32 Å². The van der Waals surface area contributed by atoms with E-state index in [0.717, 1.165) is 6.42 Å². The molecular formula is C12H13FN2OS. The first-order valence-corrected chi connectivity index (χ1v) is 5.82. The molecule has 2 rings (SSSR count). The third-order valence-corrected chi connectivity index (χ3v) is 3.61. The molecule has 5 heteroatoms. The lowest BCUT2D eigenvalue weighted by Gasteiger charge is -2.39. The van der Waals surface area contributed by atoms with E-state index in [4.69, 9.17) is 18.0 Å². The molecule has 1 aliphatic rings. The van der Waals surface area contributed by atoms with Gasteiger partial charge in [0.1, 0.15) is 5.82 Å². The molecule has 1 saturated carbocycles. The molecule has 1 amide bonds. The number of hydrogen-bond donors (Lipinski definition) is 2. The highest BCUT2D eigenvalue weighted by Crippen LogP contribution is 2.42. The van der Waals surface area contributed by atoms with E-state index < -0.39 is 5.41 Å². The van der Waals surface area contributed by atoms with Crippen molar-refractivity contribution in [2.45, 2.75) is 19.3 Å². The highest BCUT2D eigenvalue weighted by molar-refractivity contribution is 7.80. The molecule has 0 atom stereocenters. The molecule has 0 radical (unpaired) electrons. The number of amides is 1. The van der Waals surface area contributed by atoms with Crippen LogP contribution >= 0.6 is 12.2 Å². The lowest BCUT2D eigenvalue weighted by Crippen LogP contribution is -2.50. The van der Waals surface area contributed by atoms with Crippen molar-refractivity contribution >= 4 is 28.8 Å². The number of nitrogens with one attached hydrogen (secondary N) is 1. The maximum Gasteiger partial charge on any atom is 0.237 e. The number of thiocarbonyl (C=S) groups is 1. The molecule has 0 heterocycles. The minimum absolute atomic E-state index is 0.192. The van der Waals surface area contributed by atoms with Crippen LogP contribution in [-0.4, -0.2) is 10.9 Å². The lowest BCUT2D eigenvalue weighted by atomic mass is 9.68. The van der Waals surface area contributed by atoms with Crippen LogP contribution < -0.4 is 11.1 Å². The predicted octanol–water partition coefficient (Wildman–Crippen LogP) is 2.22. The second kappa shape index (κ2) is 4.41. The molecule has 0 spiro atoms. The summed E-state index contributed by atoms with van der Waals surface area (Å²) in [6, 6.07) is 5.62. The molecule has 0 saturated heterocycles. The van der Waals surface area contributed by atoms with Crippen molar-refractivity contribution in [2.24, 2.45) is 11.1 Å². The largest absolute Gasteiger partial charge is 0.392 e. The van der Waals surface area contributed by atoms with Crippen LogP contribution in [0.4, 0.5) is 10.1 Å². The summed E-state index contributed by atoms with van der Waals surface area (Å²) in [7, 11) is 0. The van der Waals surface area contributed by atoms with Gasteiger partial charge in [0, 0.05) is 5.69 Å². The van der Waals surface area contributed by atoms with E-state index in [9.17, 15) is 9.18 Å². The average Bonchev–Trinajstić information content (AvgIpc) is 2.19. The Balaban J connectivity index is 2.11. The summed E-state index contributed by atoms with van der Waals surface area (Å²) in [4.78, 5) is 12.3. The van der Waals surface area contributed by atoms with Crippen LogP contribution in [0.5, 0.6) is 0 Å². The molecule has 0 aliphatic heterocycles. The summed E-state index contributed by atoms with van der Waals surface area (Å²) < 4.78 is 12.7. The van der Waals surface area contributed by atoms with Crippen LogP contribution in [0.3, 0.4) is 0 Å². The van der Waals surface area contributed by atoms with Crippen LogP contribution in [0.1, 0.15) is 19.3 Å². The van der Waals surface area contributed by atoms with Crippen molar-refractivity contribution < 1.29 is 9.18 Å². The molecule has 0 bridgehead atoms. The lowest BCUT2D eigenvalue weighted by molar-refractivity contribution is -0.125. The van der Waals surface area contributed by atoms with E-state index >= 15 is 0 Å². The molecule has 0 aromatic heterocycles. The number of rotatable bonds is 3. The van der Waals surface area contributed by atoms with Crippen molar-refractivity contribution in [1.29, 1.82) is 0 Å². The minimum Gasteiger partial charge on any atom is -0.392 e. The van der Waals surface area contributed by atoms with Gasteiger partial charge in [0.25, 0.3) is 0 Å². The van der Waals surface area contributed by atoms with E-state index in [1.54, 1.807) is 0 Å². The summed E-state index contributed by atoms with van der Waals surface area (Å²) in [5.41, 5.74) is 5.47. The van der Waals surface area contributed by atoms with Crippen molar-refractivity contribution in [2.75, 3.05) is 5.32 Å². The zero-order valence-electron chi connectivity index (χ0n) is 9.20. The zero-order chi connectivity index (χ0) is 12.5. The second-order valence-electron chi connectivity index (χ2n) is 4.26. The normalized spacial score (nSPS) is 17.0. The number of halogens is 1. The quantitative estimate of drug-likeness (QED) is 0.811. The van der Waals surface area contributed by atoms with Crippen LogP contribution in [-0.2, 0) is 4.79 Å². The van der Waals surface area contributed by atoms with E-state index in [1.165, 1.54) is 24.3 Å². The Morgan fingerprint density at radius 2 is 1.94 bits per heavy atom. The molecule has 1 fully saturated rings. The van der Waals surface area contributed by atoms with Gasteiger partial charge in [0.2, 0.25) is 5.91 Å². The fourth-order valence-corrected chi connectivity index (χ4v) is 2.20. The fourth-order valence-electron chi connectivity index (χ4n) is 1.90. The van der Waals surface area contributed by atoms with Gasteiger partial charge in [0.05, 0.1) is 10.4 Å². The molecule has 90 valence electrons. The Hall–Kier alpha value is -1.49. The Bertz CT molecular complexity index is 454. The highest BCUT2D eigenvalue weighted by atomic mass is 32.1. The number of carbonyl (C=O) groups excluding carboxylic acids is 1. The van der Waals surface area contributed by atoms with Crippen LogP contribution in [0, 0.1) is 11.2 Å². The highest BCUT2D eigenvalue weighted by Gasteiger charge is 2.46. The third-order valence-electron chi connectivity index (χ3n) is 3.22. The Labute approximate surface area is 104 Å². The van der Waals surface area contributed by atoms with Gasteiger partial charge in [-0.3, -0.25) is 4.79 Å². The smallest absolute Gasteiger partial charge is 0.237 e. The summed E-state index contributed by atoms with van der Waals surface area (Å²) in [5, 5.41) is 2.72. The first-order valence-electron chi connectivity index (χ1n) is 5.41. The monoisotopic (exact) mass is 252 g/mol. The van der Waals surface area contributed by atoms with Gasteiger partial charge in [-0.2, -0.15) is 0 Å². The van der Waals surface area contributed by atoms with Crippen molar-refractivity contribution in [1.82, 2.24) is 0 Å². The number of nitrogens with two attached hydrogens (primary N) is 1. The number of hydrogen-bond acceptors (Lipinski definition) is 2. The molecule has 1 aromatic carbocycles. The third kappa shape index (κ3) is 2.15. The SMILES string of the molecule is NC(=S)C1(C(=O)Nc2ccc(F)cc2)CCC1. The molecule has 17 heavy (non-hydrogen) atoms. The van der Waals surface area contributed by atoms with Gasteiger partial charge in [-0.15, -0.1) is 0 Å². The molecular weight excluding hydrogens is 239 g/mol. The van der Waals surface area contributed by atoms with Crippen molar-refractivity contribution in [3.63, 3.8) is 0 Å². The summed E-state index contributed by atoms with van der Waals surface area (Å²) in [6.45, 7) is 0. The van der Waals surface area contributed by atoms with Crippen LogP contribution in [0.2, 0.25) is 0 Å². The topological polar surface area (TPSA) is 55.1 Å². The Morgan fingerprint density at radius 1 is 1.35 bits per heavy atom. The predicted molar refractivity (Wildman–Crippen MR) is 68.1 cm³/mol. The molecule has 1 aliphatic carbocycles. The Kier molecular flexibility index (Phi) is 3.11. The fraction of sp³-hybridized carbons (Fsp3) is 0.333. The first kappa shape index (κ1) is 12.0. The van der Waals surface area contributed by atoms with Gasteiger partial charge < -0.3 is 11.1 Å². The Morgan fingerprint density at radius 3 is 2.35 bits per heavy atom. The van der Waals surface area contributed by atoms with Gasteiger partial charge in [-0.05, 0) is 37.1 Å². The van der Waals surface area contributed by atoms with Gasteiger partial charge in [-0.25, -0.2) is 4.39 Å². The van der Waals surface area contributed by atoms with Gasteiger partial charge >= 0.3 is 0 Å². The van der Waals surface area contributed by atoms with E-state index in [1.807, 2.05) is 0 Å². The molecule has 3 N–H and O–H groups in total. The average molecular weight is 252 g/mol. The number of anilines is 1. The maximum absolute atomic E-state index is 12.7. The summed E-state index contributed by atoms with van der Waals surface area (Å²) in [6.07, 6.45) is 2.33. The number of carbonyl (C=O) groups is 1. The standard InChI is InChI=1S/C12H13FN2OS/c13-8-2-4-9(5-3-8)15-11(16)12(10(14)17)6-1-7-12/h2-5H,1,6-7H2,(H2,14,17)(H,15,16). The summed E-state index contributed by atoms with van der Waals surface area (Å²) >= 11 is 4.95. The summed E-state index contributed by atoms with van der Waals surface area (Å²) in [5.74, 6) is -0.529. The molecule has 0 unspecified atom stereocenters. The second-order valence-corrected chi connectivity index (χ2v) is 4.70. The maximum atomic E-state index is 12.7. The zero-order valence-corrected chi connectivity index (χ0v) is 10.0. The van der Waals surface area contributed by atoms with Gasteiger partial charge in [0.15, 0.2) is 0 Å². The minimum atomic E-state index is -0.705. The van der Waals surface area contributed by atoms with Crippen molar-refractivity contribution in [3.8, 4) is 0 Å².